The Labute approximate surface area is 222 Å². The van der Waals surface area contributed by atoms with E-state index >= 15 is 0 Å². The van der Waals surface area contributed by atoms with Crippen LogP contribution in [0.25, 0.3) is 22.3 Å². The molecule has 1 aromatic carbocycles. The molecule has 2 aliphatic carbocycles. The van der Waals surface area contributed by atoms with Crippen LogP contribution in [0.15, 0.2) is 24.5 Å². The number of amides is 2. The number of nitrogens with one attached hydrogen (secondary N) is 3. The molecule has 0 atom stereocenters. The van der Waals surface area contributed by atoms with Gasteiger partial charge in [0.15, 0.2) is 5.78 Å². The molecule has 200 valence electrons. The number of benzene rings is 1. The van der Waals surface area contributed by atoms with Gasteiger partial charge in [0, 0.05) is 35.3 Å². The second-order valence-electron chi connectivity index (χ2n) is 10.5. The van der Waals surface area contributed by atoms with E-state index in [1.54, 1.807) is 12.1 Å². The number of Topliss-reactive ketones (excluding diaryl/α,β-unsaturated/α-hetero) is 1. The number of fused-ring (bicyclic) bond motifs is 1. The number of aromatic nitrogens is 3. The van der Waals surface area contributed by atoms with Crippen LogP contribution < -0.4 is 15.4 Å². The van der Waals surface area contributed by atoms with Gasteiger partial charge in [-0.05, 0) is 76.5 Å². The Kier molecular flexibility index (Phi) is 7.44. The molecule has 9 nitrogen and oxygen atoms in total. The molecule has 2 saturated carbocycles. The summed E-state index contributed by atoms with van der Waals surface area (Å²) >= 11 is 0. The Morgan fingerprint density at radius 3 is 2.39 bits per heavy atom. The first-order chi connectivity index (χ1) is 18.3. The SMILES string of the molecule is CCC(=O)NC1CCC(NC(=O)c2c(C)[nH]c3c(-c4cc(C(C)=O)ccc4OCC4CC4)ncnc23)CC1. The summed E-state index contributed by atoms with van der Waals surface area (Å²) < 4.78 is 6.13. The maximum atomic E-state index is 13.4. The van der Waals surface area contributed by atoms with Crippen LogP contribution in [-0.2, 0) is 4.79 Å². The van der Waals surface area contributed by atoms with E-state index in [0.29, 0.717) is 63.8 Å². The van der Waals surface area contributed by atoms with Crippen molar-refractivity contribution in [2.24, 2.45) is 5.92 Å². The first-order valence-corrected chi connectivity index (χ1v) is 13.6. The van der Waals surface area contributed by atoms with E-state index < -0.39 is 0 Å². The number of nitrogens with zero attached hydrogens (tertiary/aromatic N) is 2. The minimum atomic E-state index is -0.179. The number of ether oxygens (including phenoxy) is 1. The fourth-order valence-corrected chi connectivity index (χ4v) is 5.12. The summed E-state index contributed by atoms with van der Waals surface area (Å²) in [4.78, 5) is 49.6. The third-order valence-electron chi connectivity index (χ3n) is 7.56. The predicted octanol–water partition coefficient (Wildman–Crippen LogP) is 4.49. The van der Waals surface area contributed by atoms with Crippen molar-refractivity contribution >= 4 is 28.6 Å². The van der Waals surface area contributed by atoms with Crippen molar-refractivity contribution < 1.29 is 19.1 Å². The quantitative estimate of drug-likeness (QED) is 0.359. The Bertz CT molecular complexity index is 1370. The molecule has 3 N–H and O–H groups in total. The predicted molar refractivity (Wildman–Crippen MR) is 144 cm³/mol. The number of hydrogen-bond donors (Lipinski definition) is 3. The molecule has 2 amide bonds. The van der Waals surface area contributed by atoms with Crippen LogP contribution >= 0.6 is 0 Å². The zero-order valence-corrected chi connectivity index (χ0v) is 22.2. The fraction of sp³-hybridized carbons (Fsp3) is 0.483. The summed E-state index contributed by atoms with van der Waals surface area (Å²) in [6.45, 7) is 5.87. The van der Waals surface area contributed by atoms with Crippen molar-refractivity contribution in [3.63, 3.8) is 0 Å². The molecular weight excluding hydrogens is 482 g/mol. The van der Waals surface area contributed by atoms with Crippen molar-refractivity contribution in [1.29, 1.82) is 0 Å². The number of H-pyrrole nitrogens is 1. The summed E-state index contributed by atoms with van der Waals surface area (Å²) in [6.07, 6.45) is 7.56. The molecule has 2 fully saturated rings. The van der Waals surface area contributed by atoms with Crippen LogP contribution in [0, 0.1) is 12.8 Å². The molecule has 0 radical (unpaired) electrons. The highest BCUT2D eigenvalue weighted by atomic mass is 16.5. The Morgan fingerprint density at radius 2 is 1.74 bits per heavy atom. The highest BCUT2D eigenvalue weighted by Crippen LogP contribution is 2.37. The lowest BCUT2D eigenvalue weighted by Crippen LogP contribution is -2.43. The van der Waals surface area contributed by atoms with Crippen LogP contribution in [0.3, 0.4) is 0 Å². The summed E-state index contributed by atoms with van der Waals surface area (Å²) in [5, 5.41) is 6.23. The van der Waals surface area contributed by atoms with Crippen LogP contribution in [0.4, 0.5) is 0 Å². The molecule has 9 heteroatoms. The molecule has 2 aromatic heterocycles. The zero-order chi connectivity index (χ0) is 26.8. The highest BCUT2D eigenvalue weighted by molar-refractivity contribution is 6.09. The molecule has 2 aliphatic rings. The Balaban J connectivity index is 1.40. The van der Waals surface area contributed by atoms with E-state index in [9.17, 15) is 14.4 Å². The third kappa shape index (κ3) is 5.56. The monoisotopic (exact) mass is 517 g/mol. The van der Waals surface area contributed by atoms with Crippen LogP contribution in [0.2, 0.25) is 0 Å². The molecule has 0 spiro atoms. The molecule has 38 heavy (non-hydrogen) atoms. The number of rotatable bonds is 9. The first-order valence-electron chi connectivity index (χ1n) is 13.6. The molecule has 0 bridgehead atoms. The normalized spacial score (nSPS) is 19.2. The maximum absolute atomic E-state index is 13.4. The number of hydrogen-bond acceptors (Lipinski definition) is 6. The van der Waals surface area contributed by atoms with E-state index in [4.69, 9.17) is 4.74 Å². The summed E-state index contributed by atoms with van der Waals surface area (Å²) in [5.41, 5.74) is 4.23. The third-order valence-corrected chi connectivity index (χ3v) is 7.56. The number of carbonyl (C=O) groups is 3. The lowest BCUT2D eigenvalue weighted by molar-refractivity contribution is -0.121. The standard InChI is InChI=1S/C29H35N5O4/c1-4-24(36)33-20-8-10-21(11-9-20)34-29(37)25-16(2)32-28-26(30-15-31-27(25)28)22-13-19(17(3)35)7-12-23(22)38-14-18-5-6-18/h7,12-13,15,18,20-21,32H,4-6,8-11,14H2,1-3H3,(H,33,36)(H,34,37). The zero-order valence-electron chi connectivity index (χ0n) is 22.2. The van der Waals surface area contributed by atoms with Gasteiger partial charge < -0.3 is 20.4 Å². The molecule has 0 aliphatic heterocycles. The van der Waals surface area contributed by atoms with Gasteiger partial charge in [-0.15, -0.1) is 0 Å². The summed E-state index contributed by atoms with van der Waals surface area (Å²) in [5.74, 6) is 1.07. The lowest BCUT2D eigenvalue weighted by Gasteiger charge is -2.29. The van der Waals surface area contributed by atoms with Gasteiger partial charge in [0.2, 0.25) is 5.91 Å². The second-order valence-corrected chi connectivity index (χ2v) is 10.5. The Hall–Kier alpha value is -3.75. The summed E-state index contributed by atoms with van der Waals surface area (Å²) in [7, 11) is 0. The second kappa shape index (κ2) is 10.9. The van der Waals surface area contributed by atoms with Gasteiger partial charge in [0.25, 0.3) is 5.91 Å². The van der Waals surface area contributed by atoms with Gasteiger partial charge in [-0.3, -0.25) is 14.4 Å². The average Bonchev–Trinajstić information content (AvgIpc) is 3.67. The van der Waals surface area contributed by atoms with Crippen LogP contribution in [0.5, 0.6) is 5.75 Å². The van der Waals surface area contributed by atoms with Crippen molar-refractivity contribution in [3.8, 4) is 17.0 Å². The molecule has 3 aromatic rings. The lowest BCUT2D eigenvalue weighted by atomic mass is 9.91. The van der Waals surface area contributed by atoms with E-state index in [-0.39, 0.29) is 29.7 Å². The highest BCUT2D eigenvalue weighted by Gasteiger charge is 2.27. The van der Waals surface area contributed by atoms with E-state index in [1.165, 1.54) is 26.1 Å². The van der Waals surface area contributed by atoms with Crippen LogP contribution in [-0.4, -0.2) is 51.2 Å². The molecule has 2 heterocycles. The van der Waals surface area contributed by atoms with Gasteiger partial charge >= 0.3 is 0 Å². The number of aromatic amines is 1. The van der Waals surface area contributed by atoms with Gasteiger partial charge in [0.1, 0.15) is 23.3 Å². The van der Waals surface area contributed by atoms with E-state index in [1.807, 2.05) is 19.9 Å². The van der Waals surface area contributed by atoms with E-state index in [0.717, 1.165) is 25.7 Å². The maximum Gasteiger partial charge on any atom is 0.255 e. The topological polar surface area (TPSA) is 126 Å². The molecule has 5 rings (SSSR count). The van der Waals surface area contributed by atoms with Crippen molar-refractivity contribution in [2.75, 3.05) is 6.61 Å². The largest absolute Gasteiger partial charge is 0.493 e. The first kappa shape index (κ1) is 25.9. The molecular formula is C29H35N5O4. The Morgan fingerprint density at radius 1 is 1.03 bits per heavy atom. The number of aryl methyl sites for hydroxylation is 1. The fourth-order valence-electron chi connectivity index (χ4n) is 5.12. The van der Waals surface area contributed by atoms with Gasteiger partial charge in [-0.2, -0.15) is 0 Å². The van der Waals surface area contributed by atoms with Gasteiger partial charge in [0.05, 0.1) is 17.7 Å². The number of carbonyl (C=O) groups excluding carboxylic acids is 3. The minimum absolute atomic E-state index is 0.0395. The van der Waals surface area contributed by atoms with Crippen molar-refractivity contribution in [2.45, 2.75) is 77.8 Å². The van der Waals surface area contributed by atoms with Crippen molar-refractivity contribution in [1.82, 2.24) is 25.6 Å². The van der Waals surface area contributed by atoms with Crippen molar-refractivity contribution in [3.05, 3.63) is 41.3 Å². The summed E-state index contributed by atoms with van der Waals surface area (Å²) in [6, 6.07) is 5.61. The van der Waals surface area contributed by atoms with Gasteiger partial charge in [-0.1, -0.05) is 6.92 Å². The average molecular weight is 518 g/mol. The van der Waals surface area contributed by atoms with Crippen LogP contribution in [0.1, 0.15) is 85.2 Å². The van der Waals surface area contributed by atoms with E-state index in [2.05, 4.69) is 25.6 Å². The smallest absolute Gasteiger partial charge is 0.255 e. The minimum Gasteiger partial charge on any atom is -0.493 e. The molecule has 0 unspecified atom stereocenters. The van der Waals surface area contributed by atoms with Gasteiger partial charge in [-0.25, -0.2) is 9.97 Å². The number of ketones is 1. The molecule has 0 saturated heterocycles.